The number of nitrogens with zero attached hydrogens (tertiary/aromatic N) is 1. The molecule has 1 aromatic heterocycles. The van der Waals surface area contributed by atoms with E-state index in [9.17, 15) is 9.59 Å². The van der Waals surface area contributed by atoms with E-state index in [-0.39, 0.29) is 5.76 Å². The molecule has 1 amide bonds. The summed E-state index contributed by atoms with van der Waals surface area (Å²) in [7, 11) is 0. The second-order valence-corrected chi connectivity index (χ2v) is 8.02. The Kier molecular flexibility index (Phi) is 7.32. The van der Waals surface area contributed by atoms with Crippen molar-refractivity contribution in [2.24, 2.45) is 5.10 Å². The maximum absolute atomic E-state index is 12.3. The highest BCUT2D eigenvalue weighted by molar-refractivity contribution is 14.1. The Balaban J connectivity index is 1.74. The molecule has 0 spiro atoms. The van der Waals surface area contributed by atoms with Crippen molar-refractivity contribution in [3.8, 4) is 11.5 Å². The van der Waals surface area contributed by atoms with Gasteiger partial charge in [0.1, 0.15) is 5.58 Å². The van der Waals surface area contributed by atoms with Gasteiger partial charge in [0.05, 0.1) is 16.4 Å². The van der Waals surface area contributed by atoms with Crippen LogP contribution < -0.4 is 14.9 Å². The highest BCUT2D eigenvalue weighted by Gasteiger charge is 2.14. The SMILES string of the molecule is CCOc1cc(/C=N/NC(=O)c2cc3cc(Br)ccc3o2)cc(I)c1OCC(=O)O. The normalized spacial score (nSPS) is 11.0. The number of carbonyl (C=O) groups excluding carboxylic acids is 1. The first-order valence-electron chi connectivity index (χ1n) is 8.70. The van der Waals surface area contributed by atoms with E-state index in [1.54, 1.807) is 31.2 Å². The van der Waals surface area contributed by atoms with Crippen molar-refractivity contribution in [1.82, 2.24) is 5.43 Å². The number of carboxylic acid groups (broad SMARTS) is 1. The lowest BCUT2D eigenvalue weighted by Crippen LogP contribution is -2.16. The average molecular weight is 587 g/mol. The zero-order valence-electron chi connectivity index (χ0n) is 15.6. The fraction of sp³-hybridized carbons (Fsp3) is 0.150. The van der Waals surface area contributed by atoms with Crippen molar-refractivity contribution in [1.29, 1.82) is 0 Å². The number of halogens is 2. The van der Waals surface area contributed by atoms with Crippen molar-refractivity contribution in [3.63, 3.8) is 0 Å². The monoisotopic (exact) mass is 586 g/mol. The molecule has 0 aliphatic heterocycles. The van der Waals surface area contributed by atoms with Crippen LogP contribution in [0.25, 0.3) is 11.0 Å². The minimum absolute atomic E-state index is 0.141. The van der Waals surface area contributed by atoms with E-state index in [0.717, 1.165) is 9.86 Å². The standard InChI is InChI=1S/C20H16BrIN2O6/c1-2-28-16-6-11(5-14(22)19(16)29-10-18(25)26)9-23-24-20(27)17-8-12-7-13(21)3-4-15(12)30-17/h3-9H,2,10H2,1H3,(H,24,27)(H,25,26)/b23-9+. The number of amides is 1. The molecule has 156 valence electrons. The van der Waals surface area contributed by atoms with Gasteiger partial charge in [-0.15, -0.1) is 0 Å². The number of rotatable bonds is 8. The smallest absolute Gasteiger partial charge is 0.341 e. The van der Waals surface area contributed by atoms with Gasteiger partial charge < -0.3 is 19.0 Å². The summed E-state index contributed by atoms with van der Waals surface area (Å²) in [5.41, 5.74) is 3.66. The first kappa shape index (κ1) is 22.1. The van der Waals surface area contributed by atoms with Crippen LogP contribution >= 0.6 is 38.5 Å². The lowest BCUT2D eigenvalue weighted by atomic mass is 10.2. The Morgan fingerprint density at radius 2 is 2.07 bits per heavy atom. The maximum atomic E-state index is 12.3. The summed E-state index contributed by atoms with van der Waals surface area (Å²) < 4.78 is 17.9. The van der Waals surface area contributed by atoms with E-state index >= 15 is 0 Å². The molecule has 0 unspecified atom stereocenters. The van der Waals surface area contributed by atoms with Crippen LogP contribution in [0.5, 0.6) is 11.5 Å². The van der Waals surface area contributed by atoms with Crippen LogP contribution in [-0.4, -0.2) is 36.4 Å². The third-order valence-corrected chi connectivity index (χ3v) is 5.05. The third kappa shape index (κ3) is 5.51. The van der Waals surface area contributed by atoms with Crippen LogP contribution in [-0.2, 0) is 4.79 Å². The molecule has 0 aliphatic rings. The zero-order chi connectivity index (χ0) is 21.7. The summed E-state index contributed by atoms with van der Waals surface area (Å²) in [6.07, 6.45) is 1.45. The Morgan fingerprint density at radius 3 is 2.80 bits per heavy atom. The Hall–Kier alpha value is -2.60. The van der Waals surface area contributed by atoms with Crippen LogP contribution in [0, 0.1) is 3.57 Å². The van der Waals surface area contributed by atoms with Gasteiger partial charge in [-0.25, -0.2) is 10.2 Å². The minimum atomic E-state index is -1.08. The topological polar surface area (TPSA) is 110 Å². The number of hydrazone groups is 1. The summed E-state index contributed by atoms with van der Waals surface area (Å²) in [5.74, 6) is -0.697. The van der Waals surface area contributed by atoms with E-state index < -0.39 is 18.5 Å². The molecular formula is C20H16BrIN2O6. The molecule has 0 saturated carbocycles. The van der Waals surface area contributed by atoms with Gasteiger partial charge in [0.2, 0.25) is 0 Å². The average Bonchev–Trinajstić information content (AvgIpc) is 3.10. The van der Waals surface area contributed by atoms with Gasteiger partial charge in [0.15, 0.2) is 23.9 Å². The number of fused-ring (bicyclic) bond motifs is 1. The van der Waals surface area contributed by atoms with Gasteiger partial charge in [0, 0.05) is 9.86 Å². The first-order chi connectivity index (χ1) is 14.4. The quantitative estimate of drug-likeness (QED) is 0.230. The third-order valence-electron chi connectivity index (χ3n) is 3.75. The lowest BCUT2D eigenvalue weighted by Gasteiger charge is -2.13. The first-order valence-corrected chi connectivity index (χ1v) is 10.6. The number of ether oxygens (including phenoxy) is 2. The van der Waals surface area contributed by atoms with Gasteiger partial charge in [-0.1, -0.05) is 15.9 Å². The molecule has 0 saturated heterocycles. The molecule has 0 fully saturated rings. The van der Waals surface area contributed by atoms with Crippen molar-refractivity contribution in [2.75, 3.05) is 13.2 Å². The molecule has 0 radical (unpaired) electrons. The van der Waals surface area contributed by atoms with E-state index in [0.29, 0.717) is 32.8 Å². The fourth-order valence-electron chi connectivity index (χ4n) is 2.55. The summed E-state index contributed by atoms with van der Waals surface area (Å²) in [6, 6.07) is 10.5. The summed E-state index contributed by atoms with van der Waals surface area (Å²) in [4.78, 5) is 23.1. The van der Waals surface area contributed by atoms with Gasteiger partial charge >= 0.3 is 11.9 Å². The fourth-order valence-corrected chi connectivity index (χ4v) is 3.71. The largest absolute Gasteiger partial charge is 0.490 e. The number of hydrogen-bond acceptors (Lipinski definition) is 6. The summed E-state index contributed by atoms with van der Waals surface area (Å²) in [6.45, 7) is 1.70. The second-order valence-electron chi connectivity index (χ2n) is 5.94. The predicted octanol–water partition coefficient (Wildman–Crippen LogP) is 4.43. The molecule has 0 bridgehead atoms. The Bertz CT molecular complexity index is 1130. The van der Waals surface area contributed by atoms with E-state index in [1.165, 1.54) is 6.21 Å². The number of benzene rings is 2. The van der Waals surface area contributed by atoms with Gasteiger partial charge in [-0.3, -0.25) is 4.79 Å². The molecule has 10 heteroatoms. The van der Waals surface area contributed by atoms with Crippen LogP contribution in [0.3, 0.4) is 0 Å². The van der Waals surface area contributed by atoms with Gasteiger partial charge in [-0.05, 0) is 71.5 Å². The van der Waals surface area contributed by atoms with Crippen LogP contribution in [0.15, 0.2) is 50.4 Å². The van der Waals surface area contributed by atoms with E-state index in [1.807, 2.05) is 34.7 Å². The zero-order valence-corrected chi connectivity index (χ0v) is 19.4. The van der Waals surface area contributed by atoms with Crippen LogP contribution in [0.1, 0.15) is 23.0 Å². The van der Waals surface area contributed by atoms with Crippen molar-refractivity contribution in [3.05, 3.63) is 55.8 Å². The predicted molar refractivity (Wildman–Crippen MR) is 122 cm³/mol. The second kappa shape index (κ2) is 9.94. The van der Waals surface area contributed by atoms with Gasteiger partial charge in [-0.2, -0.15) is 5.10 Å². The number of aliphatic carboxylic acids is 1. The number of carbonyl (C=O) groups is 2. The molecular weight excluding hydrogens is 571 g/mol. The van der Waals surface area contributed by atoms with Crippen molar-refractivity contribution < 1.29 is 28.6 Å². The van der Waals surface area contributed by atoms with Crippen molar-refractivity contribution in [2.45, 2.75) is 6.92 Å². The van der Waals surface area contributed by atoms with Crippen LogP contribution in [0.4, 0.5) is 0 Å². The molecule has 3 rings (SSSR count). The van der Waals surface area contributed by atoms with Gasteiger partial charge in [0.25, 0.3) is 0 Å². The lowest BCUT2D eigenvalue weighted by molar-refractivity contribution is -0.139. The summed E-state index contributed by atoms with van der Waals surface area (Å²) >= 11 is 5.39. The molecule has 1 heterocycles. The van der Waals surface area contributed by atoms with E-state index in [2.05, 4.69) is 26.5 Å². The molecule has 3 aromatic rings. The molecule has 2 N–H and O–H groups in total. The highest BCUT2D eigenvalue weighted by Crippen LogP contribution is 2.34. The Morgan fingerprint density at radius 1 is 1.27 bits per heavy atom. The molecule has 0 aliphatic carbocycles. The Labute approximate surface area is 193 Å². The van der Waals surface area contributed by atoms with Crippen LogP contribution in [0.2, 0.25) is 0 Å². The molecule has 30 heavy (non-hydrogen) atoms. The molecule has 0 atom stereocenters. The number of furan rings is 1. The maximum Gasteiger partial charge on any atom is 0.341 e. The van der Waals surface area contributed by atoms with Crippen molar-refractivity contribution >= 4 is 67.6 Å². The number of carboxylic acids is 1. The summed E-state index contributed by atoms with van der Waals surface area (Å²) in [5, 5.41) is 13.6. The minimum Gasteiger partial charge on any atom is -0.490 e. The highest BCUT2D eigenvalue weighted by atomic mass is 127. The molecule has 8 nitrogen and oxygen atoms in total. The number of hydrogen-bond donors (Lipinski definition) is 2. The number of nitrogens with one attached hydrogen (secondary N) is 1. The molecule has 2 aromatic carbocycles. The van der Waals surface area contributed by atoms with E-state index in [4.69, 9.17) is 19.0 Å².